The predicted octanol–water partition coefficient (Wildman–Crippen LogP) is 3.50. The molecule has 0 saturated carbocycles. The highest BCUT2D eigenvalue weighted by Gasteiger charge is 2.52. The number of ether oxygens (including phenoxy) is 3. The Kier molecular flexibility index (Phi) is 10.8. The van der Waals surface area contributed by atoms with Crippen LogP contribution in [0.3, 0.4) is 0 Å². The Bertz CT molecular complexity index is 558. The summed E-state index contributed by atoms with van der Waals surface area (Å²) in [5.41, 5.74) is -2.51. The summed E-state index contributed by atoms with van der Waals surface area (Å²) < 4.78 is 54.0. The number of carbonyl (C=O) groups excluding carboxylic acids is 2. The molecule has 0 fully saturated rings. The van der Waals surface area contributed by atoms with E-state index in [2.05, 4.69) is 17.9 Å². The van der Waals surface area contributed by atoms with Gasteiger partial charge in [0.05, 0.1) is 27.2 Å². The molecule has 0 N–H and O–H groups in total. The van der Waals surface area contributed by atoms with Crippen molar-refractivity contribution in [1.82, 2.24) is 4.90 Å². The molecule has 0 radical (unpaired) electrons. The van der Waals surface area contributed by atoms with Gasteiger partial charge in [-0.3, -0.25) is 14.5 Å². The highest BCUT2D eigenvalue weighted by Crippen LogP contribution is 2.36. The van der Waals surface area contributed by atoms with E-state index >= 15 is 0 Å². The first-order valence-corrected chi connectivity index (χ1v) is 9.39. The Labute approximate surface area is 164 Å². The third-order valence-electron chi connectivity index (χ3n) is 2.37. The van der Waals surface area contributed by atoms with E-state index in [9.17, 15) is 22.8 Å². The zero-order chi connectivity index (χ0) is 20.5. The SMILES string of the molecule is C=C(Cl)COC(OCC(=C)Cl)(P=S)N(CC(=O)OCC)C(=O)C(F)(F)F. The molecule has 0 aliphatic carbocycles. The molecule has 0 atom stereocenters. The lowest BCUT2D eigenvalue weighted by Crippen LogP contribution is -2.57. The van der Waals surface area contributed by atoms with Crippen molar-refractivity contribution in [1.29, 1.82) is 0 Å². The van der Waals surface area contributed by atoms with Crippen LogP contribution in [0.4, 0.5) is 13.2 Å². The molecule has 0 aromatic carbocycles. The molecular weight excluding hydrogens is 441 g/mol. The minimum absolute atomic E-state index is 0.0286. The zero-order valence-electron chi connectivity index (χ0n) is 13.5. The minimum atomic E-state index is -5.35. The molecule has 0 aliphatic heterocycles. The van der Waals surface area contributed by atoms with Crippen molar-refractivity contribution in [2.24, 2.45) is 0 Å². The van der Waals surface area contributed by atoms with Gasteiger partial charge in [0.25, 0.3) is 0 Å². The average Bonchev–Trinajstić information content (AvgIpc) is 2.52. The largest absolute Gasteiger partial charge is 0.471 e. The molecule has 0 saturated heterocycles. The average molecular weight is 456 g/mol. The molecule has 26 heavy (non-hydrogen) atoms. The zero-order valence-corrected chi connectivity index (χ0v) is 16.7. The maximum absolute atomic E-state index is 13.0. The Morgan fingerprint density at radius 2 is 1.62 bits per heavy atom. The lowest BCUT2D eigenvalue weighted by atomic mass is 10.4. The van der Waals surface area contributed by atoms with Crippen molar-refractivity contribution >= 4 is 54.2 Å². The molecular formula is C13H15Cl2F3NO5PS. The highest BCUT2D eigenvalue weighted by atomic mass is 35.5. The number of hydrogen-bond acceptors (Lipinski definition) is 6. The Morgan fingerprint density at radius 1 is 1.15 bits per heavy atom. The number of halogens is 5. The van der Waals surface area contributed by atoms with Crippen LogP contribution in [0.25, 0.3) is 0 Å². The van der Waals surface area contributed by atoms with E-state index < -0.39 is 50.8 Å². The van der Waals surface area contributed by atoms with Gasteiger partial charge in [-0.25, -0.2) is 0 Å². The molecule has 1 amide bonds. The summed E-state index contributed by atoms with van der Waals surface area (Å²) in [5.74, 6) is -3.56. The van der Waals surface area contributed by atoms with Gasteiger partial charge in [-0.2, -0.15) is 13.2 Å². The second kappa shape index (κ2) is 11.2. The van der Waals surface area contributed by atoms with Crippen molar-refractivity contribution in [2.75, 3.05) is 26.4 Å². The minimum Gasteiger partial charge on any atom is -0.465 e. The maximum atomic E-state index is 13.0. The summed E-state index contributed by atoms with van der Waals surface area (Å²) in [6.45, 7) is 5.77. The molecule has 0 aromatic rings. The van der Waals surface area contributed by atoms with E-state index in [1.54, 1.807) is 0 Å². The fourth-order valence-corrected chi connectivity index (χ4v) is 2.65. The van der Waals surface area contributed by atoms with Crippen LogP contribution < -0.4 is 0 Å². The monoisotopic (exact) mass is 455 g/mol. The molecule has 0 unspecified atom stereocenters. The summed E-state index contributed by atoms with van der Waals surface area (Å²) in [4.78, 5) is 23.5. The van der Waals surface area contributed by atoms with E-state index in [-0.39, 0.29) is 21.6 Å². The summed E-state index contributed by atoms with van der Waals surface area (Å²) in [6, 6.07) is 0. The number of carbonyl (C=O) groups is 2. The molecule has 0 spiro atoms. The predicted molar refractivity (Wildman–Crippen MR) is 93.3 cm³/mol. The molecule has 0 bridgehead atoms. The van der Waals surface area contributed by atoms with Gasteiger partial charge in [-0.1, -0.05) is 36.4 Å². The number of rotatable bonds is 11. The normalized spacial score (nSPS) is 11.9. The van der Waals surface area contributed by atoms with Gasteiger partial charge >= 0.3 is 23.7 Å². The molecule has 0 aromatic heterocycles. The van der Waals surface area contributed by atoms with Crippen molar-refractivity contribution in [2.45, 2.75) is 18.8 Å². The summed E-state index contributed by atoms with van der Waals surface area (Å²) in [7, 11) is -0.420. The quantitative estimate of drug-likeness (QED) is 0.270. The van der Waals surface area contributed by atoms with Crippen molar-refractivity contribution in [3.8, 4) is 0 Å². The van der Waals surface area contributed by atoms with Crippen LogP contribution in [0, 0.1) is 0 Å². The molecule has 13 heteroatoms. The van der Waals surface area contributed by atoms with Gasteiger partial charge in [0.1, 0.15) is 6.54 Å². The number of esters is 1. The smallest absolute Gasteiger partial charge is 0.465 e. The lowest BCUT2D eigenvalue weighted by Gasteiger charge is -2.38. The summed E-state index contributed by atoms with van der Waals surface area (Å²) in [5, 5.41) is -0.228. The number of alkyl halides is 3. The molecule has 0 heterocycles. The second-order valence-electron chi connectivity index (χ2n) is 4.45. The van der Waals surface area contributed by atoms with Crippen LogP contribution in [0.1, 0.15) is 6.92 Å². The Hall–Kier alpha value is -0.770. The van der Waals surface area contributed by atoms with E-state index in [0.717, 1.165) is 0 Å². The van der Waals surface area contributed by atoms with Crippen LogP contribution in [0.5, 0.6) is 0 Å². The van der Waals surface area contributed by atoms with E-state index in [1.165, 1.54) is 6.92 Å². The first kappa shape index (κ1) is 25.2. The number of amides is 1. The van der Waals surface area contributed by atoms with E-state index in [4.69, 9.17) is 44.5 Å². The Balaban J connectivity index is 6.02. The van der Waals surface area contributed by atoms with Crippen LogP contribution in [-0.2, 0) is 35.6 Å². The Morgan fingerprint density at radius 3 is 1.92 bits per heavy atom. The third-order valence-corrected chi connectivity index (χ3v) is 4.01. The molecule has 6 nitrogen and oxygen atoms in total. The highest BCUT2D eigenvalue weighted by molar-refractivity contribution is 7.96. The van der Waals surface area contributed by atoms with Gasteiger partial charge in [-0.05, 0) is 18.7 Å². The van der Waals surface area contributed by atoms with Crippen molar-refractivity contribution < 1.29 is 37.0 Å². The molecule has 0 aliphatic rings. The second-order valence-corrected chi connectivity index (χ2v) is 6.81. The number of hydrogen-bond donors (Lipinski definition) is 0. The van der Waals surface area contributed by atoms with Crippen LogP contribution in [0.2, 0.25) is 0 Å². The molecule has 0 rings (SSSR count). The summed E-state index contributed by atoms with van der Waals surface area (Å²) >= 11 is 15.9. The standard InChI is InChI=1S/C13H15Cl2F3NO5PS/c1-4-22-10(20)5-19(11(21)12(16,17)18)13(25-26,23-6-8(2)14)24-7-9(3)15/h2-7H2,1H3. The summed E-state index contributed by atoms with van der Waals surface area (Å²) in [6.07, 6.45) is -5.35. The fraction of sp³-hybridized carbons (Fsp3) is 0.538. The van der Waals surface area contributed by atoms with Crippen molar-refractivity contribution in [3.63, 3.8) is 0 Å². The topological polar surface area (TPSA) is 65.1 Å². The fourth-order valence-electron chi connectivity index (χ4n) is 1.43. The van der Waals surface area contributed by atoms with Crippen molar-refractivity contribution in [3.05, 3.63) is 23.2 Å². The van der Waals surface area contributed by atoms with E-state index in [1.807, 2.05) is 0 Å². The van der Waals surface area contributed by atoms with Crippen LogP contribution >= 0.6 is 30.6 Å². The maximum Gasteiger partial charge on any atom is 0.471 e. The van der Waals surface area contributed by atoms with Crippen LogP contribution in [-0.4, -0.2) is 55.0 Å². The number of nitrogens with zero attached hydrogens (tertiary/aromatic N) is 1. The van der Waals surface area contributed by atoms with Gasteiger partial charge in [-0.15, -0.1) is 0 Å². The van der Waals surface area contributed by atoms with Gasteiger partial charge < -0.3 is 14.2 Å². The van der Waals surface area contributed by atoms with E-state index in [0.29, 0.717) is 0 Å². The van der Waals surface area contributed by atoms with Crippen LogP contribution in [0.15, 0.2) is 23.2 Å². The van der Waals surface area contributed by atoms with Gasteiger partial charge in [0.2, 0.25) is 0 Å². The van der Waals surface area contributed by atoms with Gasteiger partial charge in [0, 0.05) is 10.1 Å². The van der Waals surface area contributed by atoms with Gasteiger partial charge in [0.15, 0.2) is 0 Å². The molecule has 148 valence electrons. The third kappa shape index (κ3) is 8.28. The first-order valence-electron chi connectivity index (χ1n) is 6.73. The lowest BCUT2D eigenvalue weighted by molar-refractivity contribution is -0.260. The first-order chi connectivity index (χ1) is 11.9.